The number of nitrogens with zero attached hydrogens (tertiary/aromatic N) is 5. The zero-order chi connectivity index (χ0) is 47.1. The van der Waals surface area contributed by atoms with Crippen LogP contribution in [0, 0.1) is 0 Å². The quantitative estimate of drug-likeness (QED) is 0.0212. The van der Waals surface area contributed by atoms with Gasteiger partial charge in [0.2, 0.25) is 5.36 Å². The first kappa shape index (κ1) is 56.4. The Morgan fingerprint density at radius 1 is 0.463 bits per heavy atom. The summed E-state index contributed by atoms with van der Waals surface area (Å²) in [4.78, 5) is 28.9. The summed E-state index contributed by atoms with van der Waals surface area (Å²) in [5.41, 5.74) is 9.09. The van der Waals surface area contributed by atoms with Crippen molar-refractivity contribution in [2.45, 2.75) is 181 Å². The number of aryl methyl sites for hydroxylation is 2. The van der Waals surface area contributed by atoms with Gasteiger partial charge in [-0.3, -0.25) is 4.79 Å². The second kappa shape index (κ2) is 31.2. The van der Waals surface area contributed by atoms with Crippen molar-refractivity contribution in [2.75, 3.05) is 52.1 Å². The van der Waals surface area contributed by atoms with Gasteiger partial charge >= 0.3 is 0 Å². The molecule has 0 saturated carbocycles. The minimum absolute atomic E-state index is 0. The van der Waals surface area contributed by atoms with Crippen LogP contribution < -0.4 is 49.1 Å². The van der Waals surface area contributed by atoms with Crippen LogP contribution in [0.25, 0.3) is 41.6 Å². The minimum atomic E-state index is 0. The molecule has 368 valence electrons. The zero-order valence-electron chi connectivity index (χ0n) is 43.0. The predicted octanol–water partition coefficient (Wildman–Crippen LogP) is 12.8. The summed E-state index contributed by atoms with van der Waals surface area (Å²) in [7, 11) is 12.6. The zero-order valence-corrected chi connectivity index (χ0v) is 46.8. The number of aromatic nitrogens is 2. The maximum atomic E-state index is 12.6. The molecule has 0 atom stereocenters. The molecular weight excluding hydrogens is 974 g/mol. The third kappa shape index (κ3) is 18.9. The SMILES string of the molecule is CCCCCCCCCCCCCCCCCc1cc2nc3ccc(N(C)C)cc3sc-2cc1=[N+](C)C.CCCCCCCCCCCc1cc2nc3ccc(N(C)C)cc3sc-2cc1=O.[I-]. The molecule has 0 N–H and O–H groups in total. The lowest BCUT2D eigenvalue weighted by Crippen LogP contribution is -3.00. The summed E-state index contributed by atoms with van der Waals surface area (Å²) in [6.07, 6.45) is 34.9. The van der Waals surface area contributed by atoms with E-state index in [1.807, 2.05) is 31.5 Å². The molecule has 0 aromatic heterocycles. The van der Waals surface area contributed by atoms with Crippen molar-refractivity contribution in [1.29, 1.82) is 0 Å². The highest BCUT2D eigenvalue weighted by Gasteiger charge is 2.15. The van der Waals surface area contributed by atoms with Crippen LogP contribution in [0.1, 0.15) is 179 Å². The van der Waals surface area contributed by atoms with E-state index in [1.165, 1.54) is 174 Å². The van der Waals surface area contributed by atoms with Crippen molar-refractivity contribution in [2.24, 2.45) is 0 Å². The monoisotopic (exact) mass is 1060 g/mol. The Morgan fingerprint density at radius 2 is 0.821 bits per heavy atom. The maximum Gasteiger partial charge on any atom is 0.204 e. The molecule has 67 heavy (non-hydrogen) atoms. The van der Waals surface area contributed by atoms with Gasteiger partial charge in [0.1, 0.15) is 14.1 Å². The van der Waals surface area contributed by atoms with Gasteiger partial charge in [-0.1, -0.05) is 155 Å². The molecule has 0 amide bonds. The molecule has 0 saturated heterocycles. The van der Waals surface area contributed by atoms with Crippen molar-refractivity contribution in [3.8, 4) is 21.1 Å². The van der Waals surface area contributed by atoms with Gasteiger partial charge in [-0.2, -0.15) is 0 Å². The highest BCUT2D eigenvalue weighted by atomic mass is 127. The summed E-state index contributed by atoms with van der Waals surface area (Å²) in [6.45, 7) is 4.56. The normalized spacial score (nSPS) is 11.3. The van der Waals surface area contributed by atoms with E-state index in [1.54, 1.807) is 17.4 Å². The summed E-state index contributed by atoms with van der Waals surface area (Å²) in [5.74, 6) is 0. The van der Waals surface area contributed by atoms with E-state index in [2.05, 4.69) is 105 Å². The van der Waals surface area contributed by atoms with Gasteiger partial charge in [-0.25, -0.2) is 14.5 Å². The highest BCUT2D eigenvalue weighted by Crippen LogP contribution is 2.34. The van der Waals surface area contributed by atoms with E-state index in [4.69, 9.17) is 9.97 Å². The van der Waals surface area contributed by atoms with Gasteiger partial charge in [-0.05, 0) is 74.2 Å². The van der Waals surface area contributed by atoms with Crippen LogP contribution in [0.4, 0.5) is 11.4 Å². The standard InChI is InChI=1S/C33H52N3S.C25H34N2OS.HI/c1-6-7-8-9-10-11-12-13-14-15-16-17-18-19-20-21-27-24-30-33(26-31(27)36(4)5)37-32-25-28(35(2)3)22-23-29(32)34-30;1-4-5-6-7-8-9-10-11-12-13-19-16-22-25(18-23(19)28)29-24-17-20(27(2)3)14-15-21(24)26-22;/h22-26H,6-21H2,1-5H3;14-18H,4-13H2,1-3H3;1H/q+1;;/p-1. The molecule has 9 heteroatoms. The first-order valence-electron chi connectivity index (χ1n) is 26.2. The fourth-order valence-electron chi connectivity index (χ4n) is 9.06. The van der Waals surface area contributed by atoms with Gasteiger partial charge in [0, 0.05) is 62.8 Å². The fraction of sp³-hybridized carbons (Fsp3) is 0.586. The van der Waals surface area contributed by atoms with Crippen LogP contribution in [0.15, 0.2) is 65.5 Å². The number of anilines is 2. The van der Waals surface area contributed by atoms with Crippen LogP contribution >= 0.6 is 22.7 Å². The summed E-state index contributed by atoms with van der Waals surface area (Å²) in [5, 5.41) is 1.35. The first-order chi connectivity index (χ1) is 32.1. The number of halogens is 1. The lowest BCUT2D eigenvalue weighted by atomic mass is 10.0. The smallest absolute Gasteiger partial charge is 0.204 e. The van der Waals surface area contributed by atoms with E-state index >= 15 is 0 Å². The Hall–Kier alpha value is -3.15. The van der Waals surface area contributed by atoms with Gasteiger partial charge in [0.25, 0.3) is 0 Å². The molecule has 0 unspecified atom stereocenters. The molecule has 2 aliphatic heterocycles. The summed E-state index contributed by atoms with van der Waals surface area (Å²) >= 11 is 3.52. The van der Waals surface area contributed by atoms with E-state index < -0.39 is 0 Å². The average molecular weight is 1060 g/mol. The highest BCUT2D eigenvalue weighted by molar-refractivity contribution is 7.21. The number of rotatable bonds is 28. The molecule has 2 aliphatic carbocycles. The van der Waals surface area contributed by atoms with E-state index in [9.17, 15) is 4.79 Å². The van der Waals surface area contributed by atoms with Crippen molar-refractivity contribution in [1.82, 2.24) is 14.5 Å². The molecular formula is C58H86IN5OS2. The van der Waals surface area contributed by atoms with Gasteiger partial charge in [0.15, 0.2) is 5.43 Å². The van der Waals surface area contributed by atoms with Crippen molar-refractivity contribution in [3.63, 3.8) is 0 Å². The number of benzene rings is 4. The number of fused-ring (bicyclic) bond motifs is 4. The number of unbranched alkanes of at least 4 members (excludes halogenated alkanes) is 22. The molecule has 0 radical (unpaired) electrons. The Bertz CT molecular complexity index is 2400. The van der Waals surface area contributed by atoms with Crippen LogP contribution in [0.5, 0.6) is 0 Å². The van der Waals surface area contributed by atoms with Crippen LogP contribution in [-0.2, 0) is 12.8 Å². The van der Waals surface area contributed by atoms with Crippen LogP contribution in [0.3, 0.4) is 0 Å². The van der Waals surface area contributed by atoms with E-state index in [-0.39, 0.29) is 29.4 Å². The molecule has 0 bridgehead atoms. The second-order valence-electron chi connectivity index (χ2n) is 19.6. The van der Waals surface area contributed by atoms with E-state index in [0.29, 0.717) is 0 Å². The van der Waals surface area contributed by atoms with Crippen molar-refractivity contribution in [3.05, 3.63) is 87.4 Å². The molecule has 6 nitrogen and oxygen atoms in total. The first-order valence-corrected chi connectivity index (χ1v) is 27.8. The topological polar surface area (TPSA) is 52.3 Å². The molecule has 4 aliphatic rings. The molecule has 0 fully saturated rings. The number of hydrogen-bond acceptors (Lipinski definition) is 7. The summed E-state index contributed by atoms with van der Waals surface area (Å²) < 4.78 is 4.64. The molecule has 0 spiro atoms. The largest absolute Gasteiger partial charge is 1.00 e. The molecule has 6 rings (SSSR count). The lowest BCUT2D eigenvalue weighted by molar-refractivity contribution is -0.0000139. The van der Waals surface area contributed by atoms with Crippen molar-refractivity contribution >= 4 is 54.5 Å². The van der Waals surface area contributed by atoms with Gasteiger partial charge in [-0.15, -0.1) is 22.7 Å². The fourth-order valence-corrected chi connectivity index (χ4v) is 11.1. The van der Waals surface area contributed by atoms with Crippen LogP contribution in [-0.4, -0.2) is 52.3 Å². The third-order valence-electron chi connectivity index (χ3n) is 13.2. The lowest BCUT2D eigenvalue weighted by Gasteiger charge is -2.14. The molecule has 2 aromatic carbocycles. The van der Waals surface area contributed by atoms with Crippen LogP contribution in [0.2, 0.25) is 0 Å². The average Bonchev–Trinajstić information content (AvgIpc) is 3.30. The Kier molecular flexibility index (Phi) is 26.2. The second-order valence-corrected chi connectivity index (χ2v) is 21.7. The Labute approximate surface area is 431 Å². The van der Waals surface area contributed by atoms with Gasteiger partial charge in [0.05, 0.1) is 41.6 Å². The van der Waals surface area contributed by atoms with Crippen molar-refractivity contribution < 1.29 is 24.0 Å². The maximum absolute atomic E-state index is 12.6. The molecule has 2 aromatic rings. The van der Waals surface area contributed by atoms with E-state index in [0.717, 1.165) is 62.5 Å². The van der Waals surface area contributed by atoms with Gasteiger partial charge < -0.3 is 33.8 Å². The Morgan fingerprint density at radius 3 is 1.21 bits per heavy atom. The predicted molar refractivity (Wildman–Crippen MR) is 294 cm³/mol. The number of hydrogen-bond donors (Lipinski definition) is 0. The minimum Gasteiger partial charge on any atom is -1.00 e. The Balaban J connectivity index is 0.000000296. The molecule has 2 heterocycles. The third-order valence-corrected chi connectivity index (χ3v) is 15.4. The summed E-state index contributed by atoms with van der Waals surface area (Å²) in [6, 6.07) is 21.4.